The van der Waals surface area contributed by atoms with Crippen molar-refractivity contribution in [2.45, 2.75) is 52.3 Å². The van der Waals surface area contributed by atoms with Crippen LogP contribution < -0.4 is 5.73 Å². The van der Waals surface area contributed by atoms with E-state index in [1.165, 1.54) is 11.1 Å². The molecule has 0 heterocycles. The van der Waals surface area contributed by atoms with Crippen molar-refractivity contribution in [1.82, 2.24) is 4.90 Å². The maximum atomic E-state index is 10.1. The number of nitrogens with zero attached hydrogens (tertiary/aromatic N) is 1. The van der Waals surface area contributed by atoms with E-state index in [1.54, 1.807) is 0 Å². The summed E-state index contributed by atoms with van der Waals surface area (Å²) in [5.74, 6) is 0. The van der Waals surface area contributed by atoms with Gasteiger partial charge in [0.15, 0.2) is 0 Å². The van der Waals surface area contributed by atoms with Crippen molar-refractivity contribution in [3.05, 3.63) is 35.4 Å². The Balaban J connectivity index is 3.05. The van der Waals surface area contributed by atoms with Gasteiger partial charge >= 0.3 is 0 Å². The summed E-state index contributed by atoms with van der Waals surface area (Å²) in [5, 5.41) is 10.1. The van der Waals surface area contributed by atoms with Gasteiger partial charge in [-0.3, -0.25) is 4.90 Å². The fourth-order valence-corrected chi connectivity index (χ4v) is 2.60. The lowest BCUT2D eigenvalue weighted by Gasteiger charge is -2.37. The Morgan fingerprint density at radius 1 is 1.37 bits per heavy atom. The molecule has 0 aliphatic carbocycles. The standard InChI is InChI=1S/C16H28N2O/c1-6-18(11-16(4,5)19)15(13(3)17)14-9-7-8-12(2)10-14/h7-10,13,15,19H,6,11,17H2,1-5H3. The van der Waals surface area contributed by atoms with Gasteiger partial charge in [-0.15, -0.1) is 0 Å². The summed E-state index contributed by atoms with van der Waals surface area (Å²) in [4.78, 5) is 2.25. The predicted octanol–water partition coefficient (Wildman–Crippen LogP) is 2.48. The second kappa shape index (κ2) is 6.51. The van der Waals surface area contributed by atoms with Crippen molar-refractivity contribution in [2.24, 2.45) is 5.73 Å². The third-order valence-corrected chi connectivity index (χ3v) is 3.27. The van der Waals surface area contributed by atoms with Crippen LogP contribution in [0.2, 0.25) is 0 Å². The van der Waals surface area contributed by atoms with Gasteiger partial charge in [-0.1, -0.05) is 36.8 Å². The lowest BCUT2D eigenvalue weighted by molar-refractivity contribution is 0.0187. The molecule has 0 saturated carbocycles. The summed E-state index contributed by atoms with van der Waals surface area (Å²) in [6.07, 6.45) is 0. The topological polar surface area (TPSA) is 49.5 Å². The SMILES string of the molecule is CCN(CC(C)(C)O)C(c1cccc(C)c1)C(C)N. The zero-order valence-corrected chi connectivity index (χ0v) is 12.9. The minimum atomic E-state index is -0.715. The van der Waals surface area contributed by atoms with Crippen LogP contribution in [0.25, 0.3) is 0 Å². The van der Waals surface area contributed by atoms with Crippen LogP contribution in [0, 0.1) is 6.92 Å². The number of nitrogens with two attached hydrogens (primary N) is 1. The van der Waals surface area contributed by atoms with Crippen molar-refractivity contribution in [3.63, 3.8) is 0 Å². The van der Waals surface area contributed by atoms with E-state index in [-0.39, 0.29) is 12.1 Å². The van der Waals surface area contributed by atoms with Gasteiger partial charge in [0.05, 0.1) is 5.60 Å². The molecule has 0 spiro atoms. The third kappa shape index (κ3) is 4.94. The third-order valence-electron chi connectivity index (χ3n) is 3.27. The van der Waals surface area contributed by atoms with Crippen molar-refractivity contribution in [2.75, 3.05) is 13.1 Å². The largest absolute Gasteiger partial charge is 0.389 e. The number of likely N-dealkylation sites (N-methyl/N-ethyl adjacent to an activating group) is 1. The number of aliphatic hydroxyl groups is 1. The van der Waals surface area contributed by atoms with Crippen molar-refractivity contribution in [1.29, 1.82) is 0 Å². The summed E-state index contributed by atoms with van der Waals surface area (Å²) >= 11 is 0. The molecule has 1 aromatic carbocycles. The van der Waals surface area contributed by atoms with Crippen LogP contribution in [-0.4, -0.2) is 34.7 Å². The first-order valence-corrected chi connectivity index (χ1v) is 7.03. The summed E-state index contributed by atoms with van der Waals surface area (Å²) in [5.41, 5.74) is 7.94. The van der Waals surface area contributed by atoms with E-state index in [4.69, 9.17) is 5.73 Å². The molecule has 3 N–H and O–H groups in total. The Labute approximate surface area is 117 Å². The van der Waals surface area contributed by atoms with Crippen LogP contribution in [-0.2, 0) is 0 Å². The Morgan fingerprint density at radius 2 is 2.00 bits per heavy atom. The van der Waals surface area contributed by atoms with Gasteiger partial charge in [0, 0.05) is 18.6 Å². The highest BCUT2D eigenvalue weighted by Crippen LogP contribution is 2.25. The second-order valence-corrected chi connectivity index (χ2v) is 6.09. The van der Waals surface area contributed by atoms with Crippen molar-refractivity contribution in [3.8, 4) is 0 Å². The van der Waals surface area contributed by atoms with Crippen LogP contribution in [0.15, 0.2) is 24.3 Å². The number of rotatable bonds is 6. The van der Waals surface area contributed by atoms with Crippen LogP contribution in [0.1, 0.15) is 44.9 Å². The van der Waals surface area contributed by atoms with Crippen LogP contribution in [0.4, 0.5) is 0 Å². The summed E-state index contributed by atoms with van der Waals surface area (Å²) in [6.45, 7) is 11.4. The van der Waals surface area contributed by atoms with E-state index >= 15 is 0 Å². The van der Waals surface area contributed by atoms with E-state index in [9.17, 15) is 5.11 Å². The molecule has 3 nitrogen and oxygen atoms in total. The summed E-state index contributed by atoms with van der Waals surface area (Å²) in [7, 11) is 0. The van der Waals surface area contributed by atoms with Crippen LogP contribution in [0.3, 0.4) is 0 Å². The van der Waals surface area contributed by atoms with E-state index in [0.717, 1.165) is 6.54 Å². The maximum absolute atomic E-state index is 10.1. The molecule has 2 unspecified atom stereocenters. The smallest absolute Gasteiger partial charge is 0.0718 e. The van der Waals surface area contributed by atoms with Gasteiger partial charge in [0.25, 0.3) is 0 Å². The van der Waals surface area contributed by atoms with Crippen molar-refractivity contribution >= 4 is 0 Å². The molecule has 1 rings (SSSR count). The van der Waals surface area contributed by atoms with Gasteiger partial charge in [0.2, 0.25) is 0 Å². The van der Waals surface area contributed by atoms with Gasteiger partial charge in [-0.2, -0.15) is 0 Å². The molecule has 0 radical (unpaired) electrons. The fourth-order valence-electron chi connectivity index (χ4n) is 2.60. The first kappa shape index (κ1) is 16.2. The van der Waals surface area contributed by atoms with E-state index in [2.05, 4.69) is 43.0 Å². The van der Waals surface area contributed by atoms with Gasteiger partial charge < -0.3 is 10.8 Å². The van der Waals surface area contributed by atoms with Crippen molar-refractivity contribution < 1.29 is 5.11 Å². The maximum Gasteiger partial charge on any atom is 0.0718 e. The lowest BCUT2D eigenvalue weighted by atomic mass is 9.96. The van der Waals surface area contributed by atoms with Gasteiger partial charge in [-0.05, 0) is 39.8 Å². The highest BCUT2D eigenvalue weighted by Gasteiger charge is 2.27. The number of aryl methyl sites for hydroxylation is 1. The lowest BCUT2D eigenvalue weighted by Crippen LogP contribution is -2.46. The molecule has 0 bridgehead atoms. The van der Waals surface area contributed by atoms with E-state index in [1.807, 2.05) is 20.8 Å². The fraction of sp³-hybridized carbons (Fsp3) is 0.625. The van der Waals surface area contributed by atoms with Crippen LogP contribution >= 0.6 is 0 Å². The number of hydrogen-bond acceptors (Lipinski definition) is 3. The molecule has 0 fully saturated rings. The average molecular weight is 264 g/mol. The first-order valence-electron chi connectivity index (χ1n) is 7.03. The molecule has 0 amide bonds. The molecule has 0 aliphatic rings. The molecule has 19 heavy (non-hydrogen) atoms. The Bertz CT molecular complexity index is 396. The molecule has 1 aromatic rings. The number of hydrogen-bond donors (Lipinski definition) is 2. The second-order valence-electron chi connectivity index (χ2n) is 6.09. The molecular weight excluding hydrogens is 236 g/mol. The highest BCUT2D eigenvalue weighted by molar-refractivity contribution is 5.26. The van der Waals surface area contributed by atoms with Crippen LogP contribution in [0.5, 0.6) is 0 Å². The van der Waals surface area contributed by atoms with Gasteiger partial charge in [-0.25, -0.2) is 0 Å². The molecule has 108 valence electrons. The minimum absolute atomic E-state index is 0.0177. The first-order chi connectivity index (χ1) is 8.74. The Morgan fingerprint density at radius 3 is 2.42 bits per heavy atom. The summed E-state index contributed by atoms with van der Waals surface area (Å²) < 4.78 is 0. The zero-order valence-electron chi connectivity index (χ0n) is 12.9. The molecule has 3 heteroatoms. The predicted molar refractivity (Wildman–Crippen MR) is 81.1 cm³/mol. The quantitative estimate of drug-likeness (QED) is 0.830. The zero-order chi connectivity index (χ0) is 14.6. The normalized spacial score (nSPS) is 15.6. The average Bonchev–Trinajstić information content (AvgIpc) is 2.26. The Kier molecular flexibility index (Phi) is 5.53. The monoisotopic (exact) mass is 264 g/mol. The minimum Gasteiger partial charge on any atom is -0.389 e. The van der Waals surface area contributed by atoms with E-state index in [0.29, 0.717) is 6.54 Å². The molecular formula is C16H28N2O. The molecule has 0 saturated heterocycles. The summed E-state index contributed by atoms with van der Waals surface area (Å²) in [6, 6.07) is 8.61. The van der Waals surface area contributed by atoms with Gasteiger partial charge in [0.1, 0.15) is 0 Å². The molecule has 0 aliphatic heterocycles. The molecule has 2 atom stereocenters. The Hall–Kier alpha value is -0.900. The number of benzene rings is 1. The van der Waals surface area contributed by atoms with E-state index < -0.39 is 5.60 Å². The molecule has 0 aromatic heterocycles. The highest BCUT2D eigenvalue weighted by atomic mass is 16.3.